The topological polar surface area (TPSA) is 109 Å². The van der Waals surface area contributed by atoms with Gasteiger partial charge in [-0.05, 0) is 37.0 Å². The molecular weight excluding hydrogens is 312 g/mol. The second-order valence-electron chi connectivity index (χ2n) is 5.64. The van der Waals surface area contributed by atoms with Crippen LogP contribution in [0.2, 0.25) is 0 Å². The Morgan fingerprint density at radius 2 is 1.83 bits per heavy atom. The van der Waals surface area contributed by atoms with Gasteiger partial charge in [-0.15, -0.1) is 0 Å². The summed E-state index contributed by atoms with van der Waals surface area (Å²) in [5.41, 5.74) is 1.63. The standard InChI is InChI=1S/C16H22N4O4/c1-3-24-13(21)12-6-4-11(5-7-12)8-10(2)9-17-14-18-15(22)20-16(23)19-14/h4-7,10,14,17H,3,8-9H2,1-2H3,(H3,18,19,20,22,23). The van der Waals surface area contributed by atoms with Crippen molar-refractivity contribution in [3.05, 3.63) is 35.4 Å². The molecule has 0 spiro atoms. The van der Waals surface area contributed by atoms with Gasteiger partial charge in [0.05, 0.1) is 12.2 Å². The number of ether oxygens (including phenoxy) is 1. The third-order valence-electron chi connectivity index (χ3n) is 3.50. The van der Waals surface area contributed by atoms with Crippen LogP contribution in [0.1, 0.15) is 29.8 Å². The van der Waals surface area contributed by atoms with E-state index in [4.69, 9.17) is 4.74 Å². The van der Waals surface area contributed by atoms with Crippen LogP contribution in [0.3, 0.4) is 0 Å². The lowest BCUT2D eigenvalue weighted by Gasteiger charge is -2.27. The molecular formula is C16H22N4O4. The molecule has 1 aliphatic rings. The van der Waals surface area contributed by atoms with Gasteiger partial charge in [-0.3, -0.25) is 10.6 Å². The highest BCUT2D eigenvalue weighted by atomic mass is 16.5. The number of esters is 1. The summed E-state index contributed by atoms with van der Waals surface area (Å²) < 4.78 is 4.95. The van der Waals surface area contributed by atoms with Gasteiger partial charge in [-0.25, -0.2) is 14.4 Å². The molecule has 1 fully saturated rings. The first-order valence-electron chi connectivity index (χ1n) is 7.85. The highest BCUT2D eigenvalue weighted by Gasteiger charge is 2.22. The van der Waals surface area contributed by atoms with Gasteiger partial charge in [0.15, 0.2) is 6.29 Å². The maximum atomic E-state index is 11.6. The fourth-order valence-electron chi connectivity index (χ4n) is 2.36. The van der Waals surface area contributed by atoms with Crippen molar-refractivity contribution in [2.24, 2.45) is 5.92 Å². The van der Waals surface area contributed by atoms with Gasteiger partial charge in [0.25, 0.3) is 0 Å². The molecule has 1 unspecified atom stereocenters. The van der Waals surface area contributed by atoms with E-state index in [9.17, 15) is 14.4 Å². The van der Waals surface area contributed by atoms with Crippen molar-refractivity contribution in [2.45, 2.75) is 26.6 Å². The van der Waals surface area contributed by atoms with Gasteiger partial charge in [0, 0.05) is 6.54 Å². The molecule has 0 bridgehead atoms. The van der Waals surface area contributed by atoms with Gasteiger partial charge >= 0.3 is 18.0 Å². The zero-order chi connectivity index (χ0) is 17.5. The van der Waals surface area contributed by atoms with Crippen LogP contribution in [0.4, 0.5) is 9.59 Å². The molecule has 4 N–H and O–H groups in total. The van der Waals surface area contributed by atoms with Crippen molar-refractivity contribution < 1.29 is 19.1 Å². The van der Waals surface area contributed by atoms with Crippen LogP contribution < -0.4 is 21.3 Å². The minimum Gasteiger partial charge on any atom is -0.462 e. The zero-order valence-corrected chi connectivity index (χ0v) is 13.7. The smallest absolute Gasteiger partial charge is 0.338 e. The lowest BCUT2D eigenvalue weighted by Crippen LogP contribution is -2.67. The number of carbonyl (C=O) groups is 3. The average molecular weight is 334 g/mol. The summed E-state index contributed by atoms with van der Waals surface area (Å²) in [5.74, 6) is -0.0571. The summed E-state index contributed by atoms with van der Waals surface area (Å²) in [5, 5.41) is 10.3. The third-order valence-corrected chi connectivity index (χ3v) is 3.50. The molecule has 8 heteroatoms. The van der Waals surface area contributed by atoms with E-state index in [0.29, 0.717) is 18.7 Å². The van der Waals surface area contributed by atoms with Crippen molar-refractivity contribution in [1.29, 1.82) is 0 Å². The fraction of sp³-hybridized carbons (Fsp3) is 0.438. The molecule has 0 aliphatic carbocycles. The minimum atomic E-state index is -0.583. The summed E-state index contributed by atoms with van der Waals surface area (Å²) in [4.78, 5) is 34.0. The monoisotopic (exact) mass is 334 g/mol. The molecule has 8 nitrogen and oxygen atoms in total. The second-order valence-corrected chi connectivity index (χ2v) is 5.64. The first kappa shape index (κ1) is 17.7. The predicted molar refractivity (Wildman–Crippen MR) is 87.3 cm³/mol. The van der Waals surface area contributed by atoms with Crippen LogP contribution in [0.15, 0.2) is 24.3 Å². The average Bonchev–Trinajstić information content (AvgIpc) is 2.53. The summed E-state index contributed by atoms with van der Waals surface area (Å²) in [6.07, 6.45) is 0.211. The van der Waals surface area contributed by atoms with E-state index in [1.807, 2.05) is 12.1 Å². The van der Waals surface area contributed by atoms with Crippen LogP contribution >= 0.6 is 0 Å². The number of amides is 4. The number of imide groups is 1. The van der Waals surface area contributed by atoms with Gasteiger partial charge in [-0.1, -0.05) is 19.1 Å². The Morgan fingerprint density at radius 1 is 1.21 bits per heavy atom. The first-order valence-corrected chi connectivity index (χ1v) is 7.85. The molecule has 1 heterocycles. The second kappa shape index (κ2) is 8.30. The van der Waals surface area contributed by atoms with Gasteiger partial charge in [0.1, 0.15) is 0 Å². The molecule has 1 aromatic rings. The van der Waals surface area contributed by atoms with Crippen LogP contribution in [0.5, 0.6) is 0 Å². The normalized spacial score (nSPS) is 15.9. The van der Waals surface area contributed by atoms with Gasteiger partial charge in [-0.2, -0.15) is 0 Å². The van der Waals surface area contributed by atoms with E-state index >= 15 is 0 Å². The fourth-order valence-corrected chi connectivity index (χ4v) is 2.36. The van der Waals surface area contributed by atoms with E-state index in [2.05, 4.69) is 28.2 Å². The van der Waals surface area contributed by atoms with Crippen molar-refractivity contribution in [2.75, 3.05) is 13.2 Å². The Balaban J connectivity index is 1.79. The maximum absolute atomic E-state index is 11.6. The highest BCUT2D eigenvalue weighted by molar-refractivity contribution is 5.95. The SMILES string of the molecule is CCOC(=O)c1ccc(CC(C)CNC2NC(=O)NC(=O)N2)cc1. The van der Waals surface area contributed by atoms with E-state index in [1.165, 1.54) is 0 Å². The molecule has 1 aromatic carbocycles. The van der Waals surface area contributed by atoms with E-state index < -0.39 is 18.4 Å². The minimum absolute atomic E-state index is 0.266. The molecule has 1 atom stereocenters. The number of carbonyl (C=O) groups excluding carboxylic acids is 3. The summed E-state index contributed by atoms with van der Waals surface area (Å²) in [6.45, 7) is 4.78. The molecule has 4 amide bonds. The Bertz CT molecular complexity index is 587. The molecule has 0 saturated carbocycles. The molecule has 2 rings (SSSR count). The summed E-state index contributed by atoms with van der Waals surface area (Å²) in [6, 6.07) is 6.24. The zero-order valence-electron chi connectivity index (χ0n) is 13.7. The summed E-state index contributed by atoms with van der Waals surface area (Å²) >= 11 is 0. The van der Waals surface area contributed by atoms with Crippen molar-refractivity contribution in [3.63, 3.8) is 0 Å². The molecule has 24 heavy (non-hydrogen) atoms. The number of rotatable bonds is 7. The molecule has 130 valence electrons. The molecule has 0 aromatic heterocycles. The highest BCUT2D eigenvalue weighted by Crippen LogP contribution is 2.11. The summed E-state index contributed by atoms with van der Waals surface area (Å²) in [7, 11) is 0. The number of hydrogen-bond donors (Lipinski definition) is 4. The van der Waals surface area contributed by atoms with Crippen molar-refractivity contribution in [1.82, 2.24) is 21.3 Å². The maximum Gasteiger partial charge on any atom is 0.338 e. The number of nitrogens with one attached hydrogen (secondary N) is 4. The Kier molecular flexibility index (Phi) is 6.14. The molecule has 1 saturated heterocycles. The van der Waals surface area contributed by atoms with E-state index in [0.717, 1.165) is 12.0 Å². The number of hydrogen-bond acceptors (Lipinski definition) is 5. The number of benzene rings is 1. The lowest BCUT2D eigenvalue weighted by atomic mass is 10.00. The molecule has 0 radical (unpaired) electrons. The van der Waals surface area contributed by atoms with Crippen LogP contribution in [-0.2, 0) is 11.2 Å². The largest absolute Gasteiger partial charge is 0.462 e. The van der Waals surface area contributed by atoms with Gasteiger partial charge in [0.2, 0.25) is 0 Å². The quantitative estimate of drug-likeness (QED) is 0.555. The number of urea groups is 2. The Labute approximate surface area is 140 Å². The third kappa shape index (κ3) is 5.24. The van der Waals surface area contributed by atoms with Crippen LogP contribution in [0.25, 0.3) is 0 Å². The lowest BCUT2D eigenvalue weighted by molar-refractivity contribution is 0.0526. The van der Waals surface area contributed by atoms with E-state index in [-0.39, 0.29) is 11.9 Å². The Hall–Kier alpha value is -2.61. The van der Waals surface area contributed by atoms with Crippen molar-refractivity contribution >= 4 is 18.0 Å². The van der Waals surface area contributed by atoms with Crippen LogP contribution in [0, 0.1) is 5.92 Å². The Morgan fingerprint density at radius 3 is 2.42 bits per heavy atom. The van der Waals surface area contributed by atoms with E-state index in [1.54, 1.807) is 19.1 Å². The van der Waals surface area contributed by atoms with Gasteiger partial charge < -0.3 is 15.4 Å². The molecule has 1 aliphatic heterocycles. The van der Waals surface area contributed by atoms with Crippen LogP contribution in [-0.4, -0.2) is 37.5 Å². The first-order chi connectivity index (χ1) is 11.5. The van der Waals surface area contributed by atoms with Crippen molar-refractivity contribution in [3.8, 4) is 0 Å². The predicted octanol–water partition coefficient (Wildman–Crippen LogP) is 0.938.